The minimum absolute atomic E-state index is 0.130. The van der Waals surface area contributed by atoms with E-state index in [9.17, 15) is 18.0 Å². The van der Waals surface area contributed by atoms with Crippen LogP contribution in [0.1, 0.15) is 25.0 Å². The number of ether oxygens (including phenoxy) is 2. The van der Waals surface area contributed by atoms with Gasteiger partial charge in [0, 0.05) is 0 Å². The number of halogens is 3. The highest BCUT2D eigenvalue weighted by atomic mass is 19.4. The molecule has 2 aromatic rings. The summed E-state index contributed by atoms with van der Waals surface area (Å²) >= 11 is 0. The molecule has 0 spiro atoms. The maximum atomic E-state index is 12.5. The smallest absolute Gasteiger partial charge is 0.416 e. The van der Waals surface area contributed by atoms with Gasteiger partial charge < -0.3 is 14.6 Å². The van der Waals surface area contributed by atoms with Gasteiger partial charge in [0.2, 0.25) is 0 Å². The number of carboxylic acid groups (broad SMARTS) is 1. The molecule has 0 heterocycles. The number of hydrogen-bond donors (Lipinski definition) is 1. The van der Waals surface area contributed by atoms with Gasteiger partial charge in [-0.3, -0.25) is 4.79 Å². The second kappa shape index (κ2) is 8.12. The fourth-order valence-corrected chi connectivity index (χ4v) is 2.09. The van der Waals surface area contributed by atoms with Crippen LogP contribution in [0.4, 0.5) is 13.2 Å². The number of carboxylic acids is 1. The van der Waals surface area contributed by atoms with Gasteiger partial charge in [-0.05, 0) is 55.8 Å². The third kappa shape index (κ3) is 5.40. The number of hydrogen-bond acceptors (Lipinski definition) is 3. The van der Waals surface area contributed by atoms with Gasteiger partial charge in [0.05, 0.1) is 11.5 Å². The second-order valence-corrected chi connectivity index (χ2v) is 5.90. The van der Waals surface area contributed by atoms with E-state index in [0.29, 0.717) is 17.1 Å². The Morgan fingerprint density at radius 1 is 1.00 bits per heavy atom. The van der Waals surface area contributed by atoms with Crippen molar-refractivity contribution in [2.45, 2.75) is 32.7 Å². The Kier molecular flexibility index (Phi) is 6.13. The van der Waals surface area contributed by atoms with Gasteiger partial charge in [0.15, 0.2) is 0 Å². The Bertz CT molecular complexity index is 724. The quantitative estimate of drug-likeness (QED) is 0.765. The van der Waals surface area contributed by atoms with E-state index in [4.69, 9.17) is 14.6 Å². The predicted molar refractivity (Wildman–Crippen MR) is 89.1 cm³/mol. The normalized spacial score (nSPS) is 13.7. The van der Waals surface area contributed by atoms with Gasteiger partial charge in [0.25, 0.3) is 0 Å². The predicted octanol–water partition coefficient (Wildman–Crippen LogP) is 4.77. The van der Waals surface area contributed by atoms with Crippen molar-refractivity contribution in [1.82, 2.24) is 0 Å². The maximum Gasteiger partial charge on any atom is 0.416 e. The van der Waals surface area contributed by atoms with Crippen molar-refractivity contribution in [2.75, 3.05) is 0 Å². The molecule has 1 N–H and O–H groups in total. The number of aliphatic carboxylic acids is 1. The molecule has 2 rings (SSSR count). The highest BCUT2D eigenvalue weighted by molar-refractivity contribution is 5.70. The summed E-state index contributed by atoms with van der Waals surface area (Å²) in [6.45, 7) is 3.37. The summed E-state index contributed by atoms with van der Waals surface area (Å²) in [6, 6.07) is 11.4. The molecule has 2 unspecified atom stereocenters. The number of alkyl halides is 3. The van der Waals surface area contributed by atoms with Crippen LogP contribution < -0.4 is 9.47 Å². The Hall–Kier alpha value is -2.70. The zero-order valence-electron chi connectivity index (χ0n) is 14.3. The van der Waals surface area contributed by atoms with E-state index in [1.165, 1.54) is 12.1 Å². The summed E-state index contributed by atoms with van der Waals surface area (Å²) in [6.07, 6.45) is -4.85. The number of benzene rings is 2. The molecular weight excluding hydrogens is 349 g/mol. The van der Waals surface area contributed by atoms with E-state index >= 15 is 0 Å². The van der Waals surface area contributed by atoms with E-state index in [1.54, 1.807) is 38.1 Å². The van der Waals surface area contributed by atoms with Crippen molar-refractivity contribution in [1.29, 1.82) is 0 Å². The number of rotatable bonds is 7. The zero-order chi connectivity index (χ0) is 19.3. The second-order valence-electron chi connectivity index (χ2n) is 5.90. The molecule has 0 amide bonds. The first-order valence-electron chi connectivity index (χ1n) is 7.95. The Morgan fingerprint density at radius 2 is 1.54 bits per heavy atom. The van der Waals surface area contributed by atoms with Crippen LogP contribution in [0.2, 0.25) is 0 Å². The van der Waals surface area contributed by atoms with E-state index in [2.05, 4.69) is 0 Å². The van der Waals surface area contributed by atoms with Crippen molar-refractivity contribution in [3.8, 4) is 11.5 Å². The van der Waals surface area contributed by atoms with Crippen LogP contribution in [-0.4, -0.2) is 17.2 Å². The van der Waals surface area contributed by atoms with Gasteiger partial charge in [-0.1, -0.05) is 12.1 Å². The van der Waals surface area contributed by atoms with E-state index < -0.39 is 29.7 Å². The molecule has 140 valence electrons. The summed E-state index contributed by atoms with van der Waals surface area (Å²) in [5.74, 6) is -0.553. The summed E-state index contributed by atoms with van der Waals surface area (Å²) < 4.78 is 48.6. The Morgan fingerprint density at radius 3 is 2.04 bits per heavy atom. The molecule has 0 radical (unpaired) electrons. The lowest BCUT2D eigenvalue weighted by Gasteiger charge is -2.18. The molecule has 7 heteroatoms. The summed E-state index contributed by atoms with van der Waals surface area (Å²) in [7, 11) is 0. The molecule has 2 aromatic carbocycles. The molecule has 26 heavy (non-hydrogen) atoms. The highest BCUT2D eigenvalue weighted by Gasteiger charge is 2.29. The minimum Gasteiger partial charge on any atom is -0.490 e. The lowest BCUT2D eigenvalue weighted by Crippen LogP contribution is -2.27. The summed E-state index contributed by atoms with van der Waals surface area (Å²) in [5.41, 5.74) is -0.0882. The molecule has 2 atom stereocenters. The third-order valence-electron chi connectivity index (χ3n) is 3.93. The topological polar surface area (TPSA) is 55.8 Å². The Labute approximate surface area is 149 Å². The van der Waals surface area contributed by atoms with Crippen LogP contribution in [0.5, 0.6) is 11.5 Å². The van der Waals surface area contributed by atoms with Crippen LogP contribution in [0.15, 0.2) is 48.5 Å². The lowest BCUT2D eigenvalue weighted by atomic mass is 10.1. The monoisotopic (exact) mass is 368 g/mol. The molecule has 0 saturated heterocycles. The van der Waals surface area contributed by atoms with E-state index in [1.807, 2.05) is 0 Å². The molecular formula is C19H19F3O4. The lowest BCUT2D eigenvalue weighted by molar-refractivity contribution is -0.143. The average molecular weight is 368 g/mol. The first-order valence-corrected chi connectivity index (χ1v) is 7.95. The molecule has 0 aromatic heterocycles. The van der Waals surface area contributed by atoms with Crippen LogP contribution in [0.25, 0.3) is 0 Å². The minimum atomic E-state index is -4.36. The third-order valence-corrected chi connectivity index (χ3v) is 3.93. The molecule has 0 aliphatic carbocycles. The number of carbonyl (C=O) groups is 1. The SMILES string of the molecule is CC(Oc1ccc(OCc2ccc(C(F)(F)F)cc2)cc1)C(C)C(=O)O. The van der Waals surface area contributed by atoms with Crippen LogP contribution in [0, 0.1) is 5.92 Å². The van der Waals surface area contributed by atoms with Crippen LogP contribution >= 0.6 is 0 Å². The van der Waals surface area contributed by atoms with Crippen molar-refractivity contribution in [2.24, 2.45) is 5.92 Å². The van der Waals surface area contributed by atoms with Crippen LogP contribution in [0.3, 0.4) is 0 Å². The van der Waals surface area contributed by atoms with Crippen LogP contribution in [-0.2, 0) is 17.6 Å². The average Bonchev–Trinajstić information content (AvgIpc) is 2.60. The van der Waals surface area contributed by atoms with Crippen molar-refractivity contribution >= 4 is 5.97 Å². The summed E-state index contributed by atoms with van der Waals surface area (Å²) in [4.78, 5) is 10.9. The Balaban J connectivity index is 1.90. The van der Waals surface area contributed by atoms with Gasteiger partial charge in [-0.25, -0.2) is 0 Å². The fourth-order valence-electron chi connectivity index (χ4n) is 2.09. The van der Waals surface area contributed by atoms with Gasteiger partial charge in [-0.2, -0.15) is 13.2 Å². The van der Waals surface area contributed by atoms with Gasteiger partial charge in [-0.15, -0.1) is 0 Å². The summed E-state index contributed by atoms with van der Waals surface area (Å²) in [5, 5.41) is 8.95. The van der Waals surface area contributed by atoms with Gasteiger partial charge >= 0.3 is 12.1 Å². The molecule has 0 bridgehead atoms. The van der Waals surface area contributed by atoms with E-state index in [-0.39, 0.29) is 6.61 Å². The molecule has 0 aliphatic rings. The van der Waals surface area contributed by atoms with Crippen molar-refractivity contribution < 1.29 is 32.5 Å². The molecule has 0 fully saturated rings. The highest BCUT2D eigenvalue weighted by Crippen LogP contribution is 2.29. The standard InChI is InChI=1S/C19H19F3O4/c1-12(18(23)24)13(2)26-17-9-7-16(8-10-17)25-11-14-3-5-15(6-4-14)19(20,21)22/h3-10,12-13H,11H2,1-2H3,(H,23,24). The first-order chi connectivity index (χ1) is 12.2. The fraction of sp³-hybridized carbons (Fsp3) is 0.316. The zero-order valence-corrected chi connectivity index (χ0v) is 14.3. The molecule has 0 aliphatic heterocycles. The first kappa shape index (κ1) is 19.6. The van der Waals surface area contributed by atoms with Gasteiger partial charge in [0.1, 0.15) is 24.2 Å². The molecule has 0 saturated carbocycles. The van der Waals surface area contributed by atoms with E-state index in [0.717, 1.165) is 12.1 Å². The van der Waals surface area contributed by atoms with Crippen molar-refractivity contribution in [3.05, 3.63) is 59.7 Å². The van der Waals surface area contributed by atoms with Crippen molar-refractivity contribution in [3.63, 3.8) is 0 Å². The molecule has 4 nitrogen and oxygen atoms in total. The largest absolute Gasteiger partial charge is 0.490 e. The maximum absolute atomic E-state index is 12.5.